The number of aromatic nitrogens is 1. The van der Waals surface area contributed by atoms with Crippen molar-refractivity contribution < 1.29 is 4.52 Å². The van der Waals surface area contributed by atoms with Crippen molar-refractivity contribution in [2.24, 2.45) is 0 Å². The van der Waals surface area contributed by atoms with Gasteiger partial charge < -0.3 is 10.3 Å². The molecule has 15 heavy (non-hydrogen) atoms. The number of hydrogen-bond acceptors (Lipinski definition) is 3. The second-order valence-electron chi connectivity index (χ2n) is 3.89. The molecule has 0 aliphatic heterocycles. The van der Waals surface area contributed by atoms with E-state index in [1.165, 1.54) is 0 Å². The van der Waals surface area contributed by atoms with Crippen molar-refractivity contribution in [1.29, 1.82) is 0 Å². The molecule has 2 aromatic rings. The number of benzene rings is 1. The van der Waals surface area contributed by atoms with Gasteiger partial charge in [0.1, 0.15) is 0 Å². The van der Waals surface area contributed by atoms with Crippen molar-refractivity contribution in [3.8, 4) is 11.3 Å². The summed E-state index contributed by atoms with van der Waals surface area (Å²) in [5, 5.41) is 3.83. The molecule has 0 aliphatic carbocycles. The zero-order valence-corrected chi connectivity index (χ0v) is 8.90. The highest BCUT2D eigenvalue weighted by atomic mass is 16.5. The number of anilines is 1. The van der Waals surface area contributed by atoms with Crippen LogP contribution in [0.3, 0.4) is 0 Å². The summed E-state index contributed by atoms with van der Waals surface area (Å²) in [6.45, 7) is 4.23. The van der Waals surface area contributed by atoms with E-state index in [-0.39, 0.29) is 0 Å². The Kier molecular flexibility index (Phi) is 2.46. The first-order valence-corrected chi connectivity index (χ1v) is 4.99. The molecule has 0 unspecified atom stereocenters. The smallest absolute Gasteiger partial charge is 0.170 e. The molecule has 1 aromatic heterocycles. The fourth-order valence-corrected chi connectivity index (χ4v) is 1.56. The normalized spacial score (nSPS) is 10.9. The number of nitrogens with zero attached hydrogens (tertiary/aromatic N) is 1. The summed E-state index contributed by atoms with van der Waals surface area (Å²) >= 11 is 0. The first-order chi connectivity index (χ1) is 7.18. The van der Waals surface area contributed by atoms with Crippen molar-refractivity contribution in [1.82, 2.24) is 5.16 Å². The van der Waals surface area contributed by atoms with Crippen LogP contribution in [0.15, 0.2) is 35.0 Å². The fraction of sp³-hybridized carbons (Fsp3) is 0.250. The molecular formula is C12H14N2O. The Morgan fingerprint density at radius 1 is 1.33 bits per heavy atom. The van der Waals surface area contributed by atoms with Crippen LogP contribution in [-0.4, -0.2) is 5.16 Å². The average molecular weight is 202 g/mol. The van der Waals surface area contributed by atoms with Crippen molar-refractivity contribution in [2.75, 3.05) is 5.73 Å². The Morgan fingerprint density at radius 3 is 2.80 bits per heavy atom. The summed E-state index contributed by atoms with van der Waals surface area (Å²) in [5.74, 6) is 1.21. The van der Waals surface area contributed by atoms with Crippen molar-refractivity contribution in [2.45, 2.75) is 19.8 Å². The highest BCUT2D eigenvalue weighted by molar-refractivity contribution is 5.65. The highest BCUT2D eigenvalue weighted by Crippen LogP contribution is 2.29. The standard InChI is InChI=1S/C12H14N2O/c1-8(2)11-7-14-15-12(11)9-4-3-5-10(13)6-9/h3-8H,13H2,1-2H3. The Bertz CT molecular complexity index is 460. The first kappa shape index (κ1) is 9.77. The number of nitrogens with two attached hydrogens (primary N) is 1. The van der Waals surface area contributed by atoms with Gasteiger partial charge in [-0.3, -0.25) is 0 Å². The van der Waals surface area contributed by atoms with Gasteiger partial charge in [-0.2, -0.15) is 0 Å². The van der Waals surface area contributed by atoms with Crippen molar-refractivity contribution in [3.63, 3.8) is 0 Å². The molecule has 0 fully saturated rings. The maximum Gasteiger partial charge on any atom is 0.170 e. The minimum atomic E-state index is 0.396. The molecule has 3 heteroatoms. The molecule has 78 valence electrons. The maximum atomic E-state index is 5.73. The summed E-state index contributed by atoms with van der Waals surface area (Å²) in [4.78, 5) is 0. The van der Waals surface area contributed by atoms with Crippen LogP contribution in [-0.2, 0) is 0 Å². The van der Waals surface area contributed by atoms with Crippen molar-refractivity contribution >= 4 is 5.69 Å². The minimum absolute atomic E-state index is 0.396. The van der Waals surface area contributed by atoms with E-state index < -0.39 is 0 Å². The van der Waals surface area contributed by atoms with Crippen LogP contribution in [0.4, 0.5) is 5.69 Å². The average Bonchev–Trinajstić information content (AvgIpc) is 2.65. The molecule has 0 radical (unpaired) electrons. The molecule has 0 atom stereocenters. The van der Waals surface area contributed by atoms with Gasteiger partial charge in [-0.15, -0.1) is 0 Å². The largest absolute Gasteiger partial charge is 0.399 e. The Morgan fingerprint density at radius 2 is 2.13 bits per heavy atom. The molecule has 3 nitrogen and oxygen atoms in total. The zero-order chi connectivity index (χ0) is 10.8. The number of rotatable bonds is 2. The molecule has 0 saturated heterocycles. The van der Waals surface area contributed by atoms with Gasteiger partial charge >= 0.3 is 0 Å². The second kappa shape index (κ2) is 3.77. The number of hydrogen-bond donors (Lipinski definition) is 1. The minimum Gasteiger partial charge on any atom is -0.399 e. The molecule has 2 N–H and O–H groups in total. The lowest BCUT2D eigenvalue weighted by molar-refractivity contribution is 0.431. The van der Waals surface area contributed by atoms with Gasteiger partial charge in [0, 0.05) is 16.8 Å². The van der Waals surface area contributed by atoms with Gasteiger partial charge in [-0.05, 0) is 18.1 Å². The molecule has 0 saturated carbocycles. The lowest BCUT2D eigenvalue weighted by Crippen LogP contribution is -1.89. The fourth-order valence-electron chi connectivity index (χ4n) is 1.56. The van der Waals surface area contributed by atoms with E-state index in [9.17, 15) is 0 Å². The predicted molar refractivity (Wildman–Crippen MR) is 60.4 cm³/mol. The molecule has 0 spiro atoms. The van der Waals surface area contributed by atoms with Crippen LogP contribution < -0.4 is 5.73 Å². The van der Waals surface area contributed by atoms with Gasteiger partial charge in [-0.25, -0.2) is 0 Å². The van der Waals surface area contributed by atoms with E-state index in [1.807, 2.05) is 24.3 Å². The van der Waals surface area contributed by atoms with Crippen molar-refractivity contribution in [3.05, 3.63) is 36.0 Å². The van der Waals surface area contributed by atoms with Crippen LogP contribution in [0.2, 0.25) is 0 Å². The summed E-state index contributed by atoms with van der Waals surface area (Å²) in [6.07, 6.45) is 1.77. The van der Waals surface area contributed by atoms with Gasteiger partial charge in [0.05, 0.1) is 6.20 Å². The van der Waals surface area contributed by atoms with Crippen LogP contribution in [0.1, 0.15) is 25.3 Å². The van der Waals surface area contributed by atoms with E-state index in [4.69, 9.17) is 10.3 Å². The third-order valence-corrected chi connectivity index (χ3v) is 2.37. The summed E-state index contributed by atoms with van der Waals surface area (Å²) in [5.41, 5.74) is 8.56. The molecule has 0 bridgehead atoms. The molecule has 2 rings (SSSR count). The molecule has 1 heterocycles. The zero-order valence-electron chi connectivity index (χ0n) is 8.90. The molecular weight excluding hydrogens is 188 g/mol. The van der Waals surface area contributed by atoms with Crippen LogP contribution in [0.5, 0.6) is 0 Å². The molecule has 0 amide bonds. The van der Waals surface area contributed by atoms with E-state index in [1.54, 1.807) is 6.20 Å². The van der Waals surface area contributed by atoms with Crippen LogP contribution in [0.25, 0.3) is 11.3 Å². The molecule has 1 aromatic carbocycles. The lowest BCUT2D eigenvalue weighted by Gasteiger charge is -2.04. The monoisotopic (exact) mass is 202 g/mol. The Labute approximate surface area is 88.9 Å². The third-order valence-electron chi connectivity index (χ3n) is 2.37. The van der Waals surface area contributed by atoms with Gasteiger partial charge in [0.2, 0.25) is 0 Å². The topological polar surface area (TPSA) is 52.0 Å². The van der Waals surface area contributed by atoms with Gasteiger partial charge in [0.25, 0.3) is 0 Å². The maximum absolute atomic E-state index is 5.73. The van der Waals surface area contributed by atoms with Crippen LogP contribution in [0, 0.1) is 0 Å². The highest BCUT2D eigenvalue weighted by Gasteiger charge is 2.13. The quantitative estimate of drug-likeness (QED) is 0.761. The SMILES string of the molecule is CC(C)c1cnoc1-c1cccc(N)c1. The van der Waals surface area contributed by atoms with E-state index in [0.29, 0.717) is 5.92 Å². The van der Waals surface area contributed by atoms with E-state index in [0.717, 1.165) is 22.6 Å². The van der Waals surface area contributed by atoms with Crippen LogP contribution >= 0.6 is 0 Å². The molecule has 0 aliphatic rings. The van der Waals surface area contributed by atoms with E-state index in [2.05, 4.69) is 19.0 Å². The predicted octanol–water partition coefficient (Wildman–Crippen LogP) is 3.05. The Hall–Kier alpha value is -1.77. The van der Waals surface area contributed by atoms with Gasteiger partial charge in [-0.1, -0.05) is 31.1 Å². The lowest BCUT2D eigenvalue weighted by atomic mass is 10.0. The first-order valence-electron chi connectivity index (χ1n) is 4.99. The summed E-state index contributed by atoms with van der Waals surface area (Å²) in [7, 11) is 0. The van der Waals surface area contributed by atoms with Gasteiger partial charge in [0.15, 0.2) is 5.76 Å². The summed E-state index contributed by atoms with van der Waals surface area (Å²) < 4.78 is 5.26. The Balaban J connectivity index is 2.49. The third kappa shape index (κ3) is 1.86. The summed E-state index contributed by atoms with van der Waals surface area (Å²) in [6, 6.07) is 7.64. The van der Waals surface area contributed by atoms with E-state index >= 15 is 0 Å². The number of nitrogen functional groups attached to an aromatic ring is 1. The second-order valence-corrected chi connectivity index (χ2v) is 3.89.